The molecule has 1 atom stereocenters. The molecule has 1 aliphatic heterocycles. The molecule has 1 aromatic heterocycles. The minimum absolute atomic E-state index is 0.103. The van der Waals surface area contributed by atoms with E-state index in [0.717, 1.165) is 41.1 Å². The van der Waals surface area contributed by atoms with Crippen molar-refractivity contribution in [1.29, 1.82) is 0 Å². The van der Waals surface area contributed by atoms with Gasteiger partial charge in [0.1, 0.15) is 5.82 Å². The van der Waals surface area contributed by atoms with Crippen LogP contribution in [-0.4, -0.2) is 20.7 Å². The van der Waals surface area contributed by atoms with Crippen LogP contribution in [0.5, 0.6) is 0 Å². The Labute approximate surface area is 131 Å². The van der Waals surface area contributed by atoms with Gasteiger partial charge in [0.2, 0.25) is 0 Å². The number of nitrogens with one attached hydrogen (secondary N) is 1. The number of hydrogen-bond acceptors (Lipinski definition) is 3. The standard InChI is InChI=1S/C15H17BrN4O/c1-9-5-3-6-11(13(9)16)15(21)17-10(2)14-19-18-12-7-4-8-20(12)14/h3,5-6,10H,4,7-8H2,1-2H3,(H,17,21). The lowest BCUT2D eigenvalue weighted by Gasteiger charge is -2.15. The van der Waals surface area contributed by atoms with Crippen molar-refractivity contribution in [2.24, 2.45) is 0 Å². The average molecular weight is 349 g/mol. The van der Waals surface area contributed by atoms with Gasteiger partial charge in [0.25, 0.3) is 5.91 Å². The highest BCUT2D eigenvalue weighted by molar-refractivity contribution is 9.10. The third kappa shape index (κ3) is 2.60. The van der Waals surface area contributed by atoms with Gasteiger partial charge in [-0.2, -0.15) is 0 Å². The summed E-state index contributed by atoms with van der Waals surface area (Å²) in [6.45, 7) is 4.85. The molecule has 6 heteroatoms. The third-order valence-corrected chi connectivity index (χ3v) is 4.86. The first-order valence-electron chi connectivity index (χ1n) is 7.06. The number of carbonyl (C=O) groups is 1. The Morgan fingerprint density at radius 3 is 3.05 bits per heavy atom. The second-order valence-electron chi connectivity index (χ2n) is 5.36. The maximum absolute atomic E-state index is 12.4. The Hall–Kier alpha value is -1.69. The molecule has 0 fully saturated rings. The molecule has 110 valence electrons. The molecule has 1 unspecified atom stereocenters. The molecular weight excluding hydrogens is 332 g/mol. The quantitative estimate of drug-likeness (QED) is 0.927. The summed E-state index contributed by atoms with van der Waals surface area (Å²) in [6.07, 6.45) is 2.07. The van der Waals surface area contributed by atoms with Gasteiger partial charge in [0, 0.05) is 17.4 Å². The zero-order valence-electron chi connectivity index (χ0n) is 12.1. The number of hydrogen-bond donors (Lipinski definition) is 1. The van der Waals surface area contributed by atoms with Crippen molar-refractivity contribution in [2.45, 2.75) is 39.3 Å². The number of fused-ring (bicyclic) bond motifs is 1. The Balaban J connectivity index is 1.79. The highest BCUT2D eigenvalue weighted by Gasteiger charge is 2.23. The predicted molar refractivity (Wildman–Crippen MR) is 83.1 cm³/mol. The van der Waals surface area contributed by atoms with Gasteiger partial charge in [-0.25, -0.2) is 0 Å². The van der Waals surface area contributed by atoms with Gasteiger partial charge in [-0.3, -0.25) is 4.79 Å². The van der Waals surface area contributed by atoms with E-state index < -0.39 is 0 Å². The highest BCUT2D eigenvalue weighted by Crippen LogP contribution is 2.23. The minimum Gasteiger partial charge on any atom is -0.342 e. The molecule has 0 aliphatic carbocycles. The number of amides is 1. The van der Waals surface area contributed by atoms with E-state index in [2.05, 4.69) is 36.0 Å². The van der Waals surface area contributed by atoms with Gasteiger partial charge in [-0.05, 0) is 47.8 Å². The molecule has 2 aromatic rings. The number of benzene rings is 1. The largest absolute Gasteiger partial charge is 0.342 e. The second kappa shape index (κ2) is 5.60. The Morgan fingerprint density at radius 1 is 1.43 bits per heavy atom. The molecule has 1 aromatic carbocycles. The first-order chi connectivity index (χ1) is 10.1. The smallest absolute Gasteiger partial charge is 0.253 e. The molecule has 1 amide bonds. The Bertz CT molecular complexity index is 695. The SMILES string of the molecule is Cc1cccc(C(=O)NC(C)c2nnc3n2CCC3)c1Br. The predicted octanol–water partition coefficient (Wildman–Crippen LogP) is 2.79. The molecule has 0 radical (unpaired) electrons. The van der Waals surface area contributed by atoms with Crippen molar-refractivity contribution in [3.63, 3.8) is 0 Å². The monoisotopic (exact) mass is 348 g/mol. The van der Waals surface area contributed by atoms with Crippen molar-refractivity contribution < 1.29 is 4.79 Å². The topological polar surface area (TPSA) is 59.8 Å². The number of carbonyl (C=O) groups excluding carboxylic acids is 1. The molecule has 5 nitrogen and oxygen atoms in total. The second-order valence-corrected chi connectivity index (χ2v) is 6.15. The summed E-state index contributed by atoms with van der Waals surface area (Å²) >= 11 is 3.48. The fraction of sp³-hybridized carbons (Fsp3) is 0.400. The van der Waals surface area contributed by atoms with Gasteiger partial charge in [-0.1, -0.05) is 12.1 Å². The van der Waals surface area contributed by atoms with Crippen LogP contribution in [0.1, 0.15) is 47.0 Å². The van der Waals surface area contributed by atoms with Crippen molar-refractivity contribution in [3.8, 4) is 0 Å². The molecule has 2 heterocycles. The summed E-state index contributed by atoms with van der Waals surface area (Å²) in [4.78, 5) is 12.4. The highest BCUT2D eigenvalue weighted by atomic mass is 79.9. The first-order valence-corrected chi connectivity index (χ1v) is 7.85. The Morgan fingerprint density at radius 2 is 2.24 bits per heavy atom. The fourth-order valence-electron chi connectivity index (χ4n) is 2.66. The van der Waals surface area contributed by atoms with Crippen molar-refractivity contribution in [3.05, 3.63) is 45.4 Å². The summed E-state index contributed by atoms with van der Waals surface area (Å²) in [5.74, 6) is 1.75. The summed E-state index contributed by atoms with van der Waals surface area (Å²) < 4.78 is 2.94. The van der Waals surface area contributed by atoms with E-state index in [4.69, 9.17) is 0 Å². The lowest BCUT2D eigenvalue weighted by Crippen LogP contribution is -2.29. The maximum atomic E-state index is 12.4. The minimum atomic E-state index is -0.163. The summed E-state index contributed by atoms with van der Waals surface area (Å²) in [5, 5.41) is 11.4. The number of nitrogens with zero attached hydrogens (tertiary/aromatic N) is 3. The van der Waals surface area contributed by atoms with Crippen LogP contribution in [0.15, 0.2) is 22.7 Å². The van der Waals surface area contributed by atoms with Crippen LogP contribution in [0.25, 0.3) is 0 Å². The normalized spacial score (nSPS) is 14.8. The maximum Gasteiger partial charge on any atom is 0.253 e. The molecule has 0 saturated heterocycles. The van der Waals surface area contributed by atoms with E-state index in [1.165, 1.54) is 0 Å². The number of halogens is 1. The number of aromatic nitrogens is 3. The molecule has 3 rings (SSSR count). The van der Waals surface area contributed by atoms with E-state index in [0.29, 0.717) is 5.56 Å². The van der Waals surface area contributed by atoms with Gasteiger partial charge in [0.05, 0.1) is 11.6 Å². The van der Waals surface area contributed by atoms with E-state index in [1.807, 2.05) is 32.0 Å². The van der Waals surface area contributed by atoms with E-state index >= 15 is 0 Å². The van der Waals surface area contributed by atoms with Crippen LogP contribution < -0.4 is 5.32 Å². The van der Waals surface area contributed by atoms with Crippen molar-refractivity contribution in [1.82, 2.24) is 20.1 Å². The van der Waals surface area contributed by atoms with Crippen LogP contribution in [0.3, 0.4) is 0 Å². The first kappa shape index (κ1) is 14.3. The average Bonchev–Trinajstić information content (AvgIpc) is 3.03. The number of aryl methyl sites for hydroxylation is 2. The van der Waals surface area contributed by atoms with E-state index in [-0.39, 0.29) is 11.9 Å². The lowest BCUT2D eigenvalue weighted by molar-refractivity contribution is 0.0936. The van der Waals surface area contributed by atoms with Crippen LogP contribution in [0, 0.1) is 6.92 Å². The van der Waals surface area contributed by atoms with Crippen LogP contribution in [-0.2, 0) is 13.0 Å². The van der Waals surface area contributed by atoms with Gasteiger partial charge in [-0.15, -0.1) is 10.2 Å². The molecule has 0 saturated carbocycles. The molecule has 1 N–H and O–H groups in total. The Kier molecular flexibility index (Phi) is 3.80. The van der Waals surface area contributed by atoms with E-state index in [9.17, 15) is 4.79 Å². The van der Waals surface area contributed by atoms with Crippen LogP contribution in [0.4, 0.5) is 0 Å². The van der Waals surface area contributed by atoms with Crippen molar-refractivity contribution >= 4 is 21.8 Å². The lowest BCUT2D eigenvalue weighted by atomic mass is 10.1. The number of rotatable bonds is 3. The van der Waals surface area contributed by atoms with Crippen LogP contribution in [0.2, 0.25) is 0 Å². The van der Waals surface area contributed by atoms with Gasteiger partial charge in [0.15, 0.2) is 5.82 Å². The zero-order chi connectivity index (χ0) is 15.0. The van der Waals surface area contributed by atoms with Crippen LogP contribution >= 0.6 is 15.9 Å². The molecule has 21 heavy (non-hydrogen) atoms. The third-order valence-electron chi connectivity index (χ3n) is 3.81. The zero-order valence-corrected chi connectivity index (χ0v) is 13.6. The van der Waals surface area contributed by atoms with Gasteiger partial charge < -0.3 is 9.88 Å². The fourth-order valence-corrected chi connectivity index (χ4v) is 3.10. The molecule has 0 spiro atoms. The van der Waals surface area contributed by atoms with Gasteiger partial charge >= 0.3 is 0 Å². The molecular formula is C15H17BrN4O. The summed E-state index contributed by atoms with van der Waals surface area (Å²) in [7, 11) is 0. The molecule has 1 aliphatic rings. The van der Waals surface area contributed by atoms with Crippen molar-refractivity contribution in [2.75, 3.05) is 0 Å². The van der Waals surface area contributed by atoms with E-state index in [1.54, 1.807) is 0 Å². The summed E-state index contributed by atoms with van der Waals surface area (Å²) in [6, 6.07) is 5.50. The summed E-state index contributed by atoms with van der Waals surface area (Å²) in [5.41, 5.74) is 1.68. The molecule has 0 bridgehead atoms.